The minimum Gasteiger partial charge on any atom is -0.481 e. The highest BCUT2D eigenvalue weighted by Gasteiger charge is 2.27. The Bertz CT molecular complexity index is 1380. The van der Waals surface area contributed by atoms with Gasteiger partial charge in [-0.1, -0.05) is 19.1 Å². The van der Waals surface area contributed by atoms with Crippen molar-refractivity contribution in [3.05, 3.63) is 83.4 Å². The van der Waals surface area contributed by atoms with E-state index in [-0.39, 0.29) is 12.3 Å². The van der Waals surface area contributed by atoms with Gasteiger partial charge in [-0.2, -0.15) is 5.10 Å². The van der Waals surface area contributed by atoms with E-state index in [0.717, 1.165) is 84.7 Å². The van der Waals surface area contributed by atoms with Crippen molar-refractivity contribution in [2.24, 2.45) is 5.92 Å². The molecule has 5 rings (SSSR count). The fourth-order valence-electron chi connectivity index (χ4n) is 5.55. The zero-order chi connectivity index (χ0) is 25.8. The predicted octanol–water partition coefficient (Wildman–Crippen LogP) is 5.20. The lowest BCUT2D eigenvalue weighted by Crippen LogP contribution is -2.28. The molecule has 1 aliphatic heterocycles. The zero-order valence-electron chi connectivity index (χ0n) is 21.7. The molecule has 2 atom stereocenters. The molecule has 0 saturated carbocycles. The number of benzene rings is 1. The highest BCUT2D eigenvalue weighted by molar-refractivity contribution is 5.74. The molecule has 0 aliphatic carbocycles. The fourth-order valence-corrected chi connectivity index (χ4v) is 5.55. The third kappa shape index (κ3) is 6.05. The maximum atomic E-state index is 11.8. The number of carboxylic acid groups (broad SMARTS) is 1. The molecule has 1 fully saturated rings. The Morgan fingerprint density at radius 3 is 2.89 bits per heavy atom. The topological polar surface area (TPSA) is 84.1 Å². The van der Waals surface area contributed by atoms with E-state index in [1.54, 1.807) is 6.20 Å². The Balaban J connectivity index is 1.24. The van der Waals surface area contributed by atoms with Gasteiger partial charge in [0.15, 0.2) is 5.65 Å². The van der Waals surface area contributed by atoms with Crippen LogP contribution in [0.25, 0.3) is 16.7 Å². The fraction of sp³-hybridized carbons (Fsp3) is 0.400. The van der Waals surface area contributed by atoms with E-state index in [1.165, 1.54) is 0 Å². The first-order valence-corrected chi connectivity index (χ1v) is 13.3. The van der Waals surface area contributed by atoms with Crippen LogP contribution < -0.4 is 0 Å². The van der Waals surface area contributed by atoms with E-state index in [1.807, 2.05) is 29.8 Å². The molecule has 1 aliphatic rings. The monoisotopic (exact) mass is 497 g/mol. The lowest BCUT2D eigenvalue weighted by atomic mass is 9.94. The summed E-state index contributed by atoms with van der Waals surface area (Å²) < 4.78 is 1.99. The average Bonchev–Trinajstić information content (AvgIpc) is 3.52. The minimum atomic E-state index is -0.758. The number of pyridine rings is 2. The second kappa shape index (κ2) is 11.2. The van der Waals surface area contributed by atoms with Crippen molar-refractivity contribution in [2.45, 2.75) is 51.9 Å². The minimum absolute atomic E-state index is 0.0637. The molecule has 37 heavy (non-hydrogen) atoms. The molecule has 1 N–H and O–H groups in total. The molecule has 1 aromatic carbocycles. The summed E-state index contributed by atoms with van der Waals surface area (Å²) >= 11 is 0. The number of fused-ring (bicyclic) bond motifs is 1. The van der Waals surface area contributed by atoms with Crippen LogP contribution >= 0.6 is 0 Å². The van der Waals surface area contributed by atoms with E-state index in [0.29, 0.717) is 5.92 Å². The largest absolute Gasteiger partial charge is 0.481 e. The molecule has 7 heteroatoms. The molecular weight excluding hydrogens is 462 g/mol. The normalized spacial score (nSPS) is 16.9. The van der Waals surface area contributed by atoms with Crippen LogP contribution in [-0.2, 0) is 17.6 Å². The Morgan fingerprint density at radius 1 is 1.16 bits per heavy atom. The summed E-state index contributed by atoms with van der Waals surface area (Å²) in [6, 6.07) is 18.5. The number of carbonyl (C=O) groups is 1. The van der Waals surface area contributed by atoms with Gasteiger partial charge in [0.1, 0.15) is 0 Å². The Labute approximate surface area is 218 Å². The highest BCUT2D eigenvalue weighted by Crippen LogP contribution is 2.28. The van der Waals surface area contributed by atoms with Crippen LogP contribution in [0.1, 0.15) is 54.7 Å². The molecule has 192 valence electrons. The van der Waals surface area contributed by atoms with Crippen molar-refractivity contribution < 1.29 is 9.90 Å². The van der Waals surface area contributed by atoms with Crippen LogP contribution in [0, 0.1) is 12.8 Å². The average molecular weight is 498 g/mol. The van der Waals surface area contributed by atoms with E-state index in [2.05, 4.69) is 58.3 Å². The van der Waals surface area contributed by atoms with Crippen molar-refractivity contribution >= 4 is 17.0 Å². The number of aliphatic carboxylic acids is 1. The summed E-state index contributed by atoms with van der Waals surface area (Å²) in [7, 11) is 0. The van der Waals surface area contributed by atoms with E-state index < -0.39 is 5.97 Å². The summed E-state index contributed by atoms with van der Waals surface area (Å²) in [5.74, 6) is -0.227. The molecule has 7 nitrogen and oxygen atoms in total. The van der Waals surface area contributed by atoms with Gasteiger partial charge in [0.25, 0.3) is 0 Å². The molecule has 0 spiro atoms. The molecule has 4 aromatic rings. The number of hydrogen-bond donors (Lipinski definition) is 1. The Morgan fingerprint density at radius 2 is 2.05 bits per heavy atom. The lowest BCUT2D eigenvalue weighted by molar-refractivity contribution is -0.137. The quantitative estimate of drug-likeness (QED) is 0.324. The summed E-state index contributed by atoms with van der Waals surface area (Å²) in [5.41, 5.74) is 6.10. The van der Waals surface area contributed by atoms with Gasteiger partial charge in [-0.15, -0.1) is 0 Å². The number of aromatic nitrogens is 4. The van der Waals surface area contributed by atoms with Gasteiger partial charge >= 0.3 is 5.97 Å². The predicted molar refractivity (Wildman–Crippen MR) is 145 cm³/mol. The number of hydrogen-bond acceptors (Lipinski definition) is 5. The second-order valence-corrected chi connectivity index (χ2v) is 10.2. The van der Waals surface area contributed by atoms with Crippen molar-refractivity contribution in [1.29, 1.82) is 0 Å². The first kappa shape index (κ1) is 25.1. The SMILES string of the molecule is CCc1cc(C)nn1-c1cccc(C(CC(=O)O)CN2CC[C@@H](CCc3ccc4cccnc4n3)C2)c1. The first-order valence-electron chi connectivity index (χ1n) is 13.3. The lowest BCUT2D eigenvalue weighted by Gasteiger charge is -2.24. The standard InChI is InChI=1S/C30H35N5O2/c1-3-27-16-21(2)33-35(27)28-8-4-6-24(17-28)25(18-29(36)37)20-34-15-13-22(19-34)9-11-26-12-10-23-7-5-14-31-30(23)32-26/h4-8,10,12,14,16-17,22,25H,3,9,11,13,15,18-20H2,1-2H3,(H,36,37)/t22-,25?/m1/s1. The molecular formula is C30H35N5O2. The highest BCUT2D eigenvalue weighted by atomic mass is 16.4. The van der Waals surface area contributed by atoms with Crippen LogP contribution in [0.3, 0.4) is 0 Å². The maximum absolute atomic E-state index is 11.8. The molecule has 1 saturated heterocycles. The number of aryl methyl sites for hydroxylation is 3. The molecule has 0 bridgehead atoms. The van der Waals surface area contributed by atoms with Gasteiger partial charge < -0.3 is 10.0 Å². The maximum Gasteiger partial charge on any atom is 0.304 e. The van der Waals surface area contributed by atoms with Crippen LogP contribution in [0.5, 0.6) is 0 Å². The van der Waals surface area contributed by atoms with Gasteiger partial charge in [-0.05, 0) is 93.1 Å². The smallest absolute Gasteiger partial charge is 0.304 e. The van der Waals surface area contributed by atoms with Gasteiger partial charge in [0.2, 0.25) is 0 Å². The molecule has 0 radical (unpaired) electrons. The van der Waals surface area contributed by atoms with Gasteiger partial charge in [0.05, 0.1) is 17.8 Å². The van der Waals surface area contributed by atoms with Gasteiger partial charge in [-0.25, -0.2) is 14.6 Å². The third-order valence-electron chi connectivity index (χ3n) is 7.45. The van der Waals surface area contributed by atoms with Crippen molar-refractivity contribution in [2.75, 3.05) is 19.6 Å². The first-order chi connectivity index (χ1) is 18.0. The Hall–Kier alpha value is -3.58. The second-order valence-electron chi connectivity index (χ2n) is 10.2. The number of carboxylic acids is 1. The van der Waals surface area contributed by atoms with Gasteiger partial charge in [0, 0.05) is 42.0 Å². The molecule has 1 unspecified atom stereocenters. The number of nitrogens with zero attached hydrogens (tertiary/aromatic N) is 5. The zero-order valence-corrected chi connectivity index (χ0v) is 21.7. The summed E-state index contributed by atoms with van der Waals surface area (Å²) in [4.78, 5) is 23.3. The van der Waals surface area contributed by atoms with E-state index >= 15 is 0 Å². The van der Waals surface area contributed by atoms with Gasteiger partial charge in [-0.3, -0.25) is 4.79 Å². The number of rotatable bonds is 10. The van der Waals surface area contributed by atoms with Crippen molar-refractivity contribution in [3.8, 4) is 5.69 Å². The summed E-state index contributed by atoms with van der Waals surface area (Å²) in [5, 5.41) is 15.4. The summed E-state index contributed by atoms with van der Waals surface area (Å²) in [6.07, 6.45) is 5.96. The summed E-state index contributed by atoms with van der Waals surface area (Å²) in [6.45, 7) is 6.89. The molecule has 4 heterocycles. The van der Waals surface area contributed by atoms with Crippen LogP contribution in [0.15, 0.2) is 60.8 Å². The third-order valence-corrected chi connectivity index (χ3v) is 7.45. The molecule has 3 aromatic heterocycles. The molecule has 0 amide bonds. The van der Waals surface area contributed by atoms with Crippen molar-refractivity contribution in [1.82, 2.24) is 24.6 Å². The van der Waals surface area contributed by atoms with Crippen LogP contribution in [-0.4, -0.2) is 55.4 Å². The Kier molecular flexibility index (Phi) is 7.60. The van der Waals surface area contributed by atoms with Crippen molar-refractivity contribution in [3.63, 3.8) is 0 Å². The van der Waals surface area contributed by atoms with E-state index in [4.69, 9.17) is 4.98 Å². The number of likely N-dealkylation sites (tertiary alicyclic amines) is 1. The van der Waals surface area contributed by atoms with Crippen LogP contribution in [0.4, 0.5) is 0 Å². The van der Waals surface area contributed by atoms with Crippen LogP contribution in [0.2, 0.25) is 0 Å². The van der Waals surface area contributed by atoms with E-state index in [9.17, 15) is 9.90 Å².